The third kappa shape index (κ3) is 4.33. The summed E-state index contributed by atoms with van der Waals surface area (Å²) in [6.07, 6.45) is 5.25. The van der Waals surface area contributed by atoms with Gasteiger partial charge < -0.3 is 15.0 Å². The van der Waals surface area contributed by atoms with Gasteiger partial charge in [-0.1, -0.05) is 25.0 Å². The second-order valence-corrected chi connectivity index (χ2v) is 6.40. The number of amides is 1. The summed E-state index contributed by atoms with van der Waals surface area (Å²) < 4.78 is 18.6. The molecule has 0 atom stereocenters. The first-order valence-electron chi connectivity index (χ1n) is 8.40. The van der Waals surface area contributed by atoms with Crippen LogP contribution in [0.2, 0.25) is 0 Å². The molecule has 1 amide bonds. The van der Waals surface area contributed by atoms with E-state index in [9.17, 15) is 14.0 Å². The maximum Gasteiger partial charge on any atom is 0.248 e. The number of halogens is 1. The molecule has 1 aromatic carbocycles. The van der Waals surface area contributed by atoms with E-state index in [1.54, 1.807) is 24.4 Å². The van der Waals surface area contributed by atoms with Crippen LogP contribution in [0, 0.1) is 5.82 Å². The molecule has 0 bridgehead atoms. The maximum absolute atomic E-state index is 13.2. The van der Waals surface area contributed by atoms with E-state index in [4.69, 9.17) is 4.74 Å². The van der Waals surface area contributed by atoms with Gasteiger partial charge in [-0.2, -0.15) is 0 Å². The number of nitrogens with one attached hydrogen (secondary N) is 2. The van der Waals surface area contributed by atoms with E-state index >= 15 is 0 Å². The Kier molecular flexibility index (Phi) is 5.28. The average molecular weight is 344 g/mol. The molecular weight excluding hydrogens is 323 g/mol. The number of carbonyl (C=O) groups excluding carboxylic acids is 1. The third-order valence-electron chi connectivity index (χ3n) is 4.57. The average Bonchev–Trinajstić information content (AvgIpc) is 3.05. The summed E-state index contributed by atoms with van der Waals surface area (Å²) in [5.41, 5.74) is 0.990. The summed E-state index contributed by atoms with van der Waals surface area (Å²) in [7, 11) is 0. The summed E-state index contributed by atoms with van der Waals surface area (Å²) in [5, 5.41) is 3.07. The van der Waals surface area contributed by atoms with Crippen molar-refractivity contribution in [3.8, 4) is 0 Å². The summed E-state index contributed by atoms with van der Waals surface area (Å²) in [5.74, 6) is -0.500. The van der Waals surface area contributed by atoms with Gasteiger partial charge in [-0.15, -0.1) is 0 Å². The lowest BCUT2D eigenvalue weighted by atomic mass is 9.88. The van der Waals surface area contributed by atoms with Gasteiger partial charge in [-0.25, -0.2) is 4.39 Å². The maximum atomic E-state index is 13.2. The molecule has 25 heavy (non-hydrogen) atoms. The molecule has 3 rings (SSSR count). The molecule has 0 radical (unpaired) electrons. The second-order valence-electron chi connectivity index (χ2n) is 6.40. The molecule has 1 heterocycles. The zero-order valence-electron chi connectivity index (χ0n) is 13.9. The number of ether oxygens (including phenoxy) is 1. The monoisotopic (exact) mass is 344 g/mol. The number of hydrogen-bond acceptors (Lipinski definition) is 3. The minimum atomic E-state index is -0.446. The van der Waals surface area contributed by atoms with Crippen molar-refractivity contribution in [3.63, 3.8) is 0 Å². The highest BCUT2D eigenvalue weighted by atomic mass is 19.1. The van der Waals surface area contributed by atoms with Gasteiger partial charge >= 0.3 is 0 Å². The van der Waals surface area contributed by atoms with E-state index in [2.05, 4.69) is 10.3 Å². The Bertz CT molecular complexity index is 780. The van der Waals surface area contributed by atoms with Crippen molar-refractivity contribution in [2.24, 2.45) is 0 Å². The van der Waals surface area contributed by atoms with Crippen molar-refractivity contribution in [2.75, 3.05) is 6.61 Å². The van der Waals surface area contributed by atoms with E-state index in [1.807, 2.05) is 0 Å². The van der Waals surface area contributed by atoms with Crippen molar-refractivity contribution in [1.29, 1.82) is 0 Å². The Morgan fingerprint density at radius 1 is 1.20 bits per heavy atom. The Labute approximate surface area is 145 Å². The number of pyridine rings is 1. The Morgan fingerprint density at radius 2 is 1.92 bits per heavy atom. The fourth-order valence-corrected chi connectivity index (χ4v) is 3.38. The highest BCUT2D eigenvalue weighted by Crippen LogP contribution is 2.38. The lowest BCUT2D eigenvalue weighted by molar-refractivity contribution is -0.128. The van der Waals surface area contributed by atoms with Crippen molar-refractivity contribution < 1.29 is 13.9 Å². The summed E-state index contributed by atoms with van der Waals surface area (Å²) in [4.78, 5) is 26.1. The zero-order chi connectivity index (χ0) is 17.7. The van der Waals surface area contributed by atoms with E-state index in [1.165, 1.54) is 18.2 Å². The lowest BCUT2D eigenvalue weighted by Gasteiger charge is -2.31. The van der Waals surface area contributed by atoms with Gasteiger partial charge in [-0.3, -0.25) is 9.59 Å². The largest absolute Gasteiger partial charge is 0.367 e. The van der Waals surface area contributed by atoms with Gasteiger partial charge in [0, 0.05) is 12.3 Å². The molecule has 0 aliphatic heterocycles. The van der Waals surface area contributed by atoms with Crippen LogP contribution in [0.25, 0.3) is 0 Å². The first kappa shape index (κ1) is 17.4. The summed E-state index contributed by atoms with van der Waals surface area (Å²) in [6, 6.07) is 9.48. The van der Waals surface area contributed by atoms with Crippen LogP contribution >= 0.6 is 0 Å². The first-order valence-corrected chi connectivity index (χ1v) is 8.40. The fourth-order valence-electron chi connectivity index (χ4n) is 3.38. The second kappa shape index (κ2) is 7.61. The molecule has 0 spiro atoms. The van der Waals surface area contributed by atoms with Gasteiger partial charge in [0.15, 0.2) is 0 Å². The summed E-state index contributed by atoms with van der Waals surface area (Å²) in [6.45, 7) is 0.108. The highest BCUT2D eigenvalue weighted by Gasteiger charge is 2.36. The van der Waals surface area contributed by atoms with Crippen LogP contribution in [0.5, 0.6) is 0 Å². The van der Waals surface area contributed by atoms with Crippen LogP contribution < -0.4 is 10.9 Å². The molecule has 6 heteroatoms. The molecule has 5 nitrogen and oxygen atoms in total. The van der Waals surface area contributed by atoms with E-state index in [0.717, 1.165) is 31.2 Å². The van der Waals surface area contributed by atoms with Gasteiger partial charge in [0.1, 0.15) is 12.4 Å². The van der Waals surface area contributed by atoms with Crippen LogP contribution in [-0.4, -0.2) is 17.5 Å². The van der Waals surface area contributed by atoms with Crippen molar-refractivity contribution in [1.82, 2.24) is 10.3 Å². The highest BCUT2D eigenvalue weighted by molar-refractivity contribution is 5.78. The van der Waals surface area contributed by atoms with Crippen LogP contribution in [0.3, 0.4) is 0 Å². The molecule has 132 valence electrons. The fraction of sp³-hybridized carbons (Fsp3) is 0.368. The number of H-pyrrole nitrogens is 1. The molecular formula is C19H21FN2O3. The predicted octanol–water partition coefficient (Wildman–Crippen LogP) is 2.62. The molecule has 1 fully saturated rings. The predicted molar refractivity (Wildman–Crippen MR) is 91.4 cm³/mol. The Morgan fingerprint density at radius 3 is 2.60 bits per heavy atom. The van der Waals surface area contributed by atoms with E-state index in [-0.39, 0.29) is 30.5 Å². The number of aromatic amines is 1. The van der Waals surface area contributed by atoms with Crippen LogP contribution in [0.4, 0.5) is 4.39 Å². The number of hydrogen-bond donors (Lipinski definition) is 2. The molecule has 0 saturated heterocycles. The minimum absolute atomic E-state index is 0.0876. The summed E-state index contributed by atoms with van der Waals surface area (Å²) >= 11 is 0. The van der Waals surface area contributed by atoms with Crippen molar-refractivity contribution in [3.05, 3.63) is 69.9 Å². The molecule has 1 aromatic heterocycles. The topological polar surface area (TPSA) is 71.2 Å². The number of rotatable bonds is 6. The molecule has 1 aliphatic rings. The molecule has 0 unspecified atom stereocenters. The van der Waals surface area contributed by atoms with Crippen molar-refractivity contribution in [2.45, 2.75) is 37.8 Å². The molecule has 2 N–H and O–H groups in total. The van der Waals surface area contributed by atoms with E-state index in [0.29, 0.717) is 5.56 Å². The number of benzene rings is 1. The SMILES string of the molecule is O=C(COCc1cc[nH]c(=O)c1)NC1(c2ccc(F)cc2)CCCC1. The lowest BCUT2D eigenvalue weighted by Crippen LogP contribution is -2.45. The van der Waals surface area contributed by atoms with Crippen LogP contribution in [-0.2, 0) is 21.7 Å². The van der Waals surface area contributed by atoms with Crippen LogP contribution in [0.15, 0.2) is 47.4 Å². The van der Waals surface area contributed by atoms with Gasteiger partial charge in [0.25, 0.3) is 0 Å². The minimum Gasteiger partial charge on any atom is -0.367 e. The van der Waals surface area contributed by atoms with Gasteiger partial charge in [0.2, 0.25) is 11.5 Å². The van der Waals surface area contributed by atoms with Gasteiger partial charge in [0.05, 0.1) is 12.1 Å². The van der Waals surface area contributed by atoms with Crippen LogP contribution in [0.1, 0.15) is 36.8 Å². The molecule has 2 aromatic rings. The number of aromatic nitrogens is 1. The van der Waals surface area contributed by atoms with Gasteiger partial charge in [-0.05, 0) is 42.2 Å². The molecule has 1 saturated carbocycles. The smallest absolute Gasteiger partial charge is 0.248 e. The quantitative estimate of drug-likeness (QED) is 0.846. The zero-order valence-corrected chi connectivity index (χ0v) is 13.9. The standard InChI is InChI=1S/C19H21FN2O3/c20-16-5-3-15(4-6-16)19(8-1-2-9-19)22-18(24)13-25-12-14-7-10-21-17(23)11-14/h3-7,10-11H,1-2,8-9,12-13H2,(H,21,23)(H,22,24). The Balaban J connectivity index is 1.59. The van der Waals surface area contributed by atoms with E-state index < -0.39 is 5.54 Å². The number of carbonyl (C=O) groups is 1. The third-order valence-corrected chi connectivity index (χ3v) is 4.57. The Hall–Kier alpha value is -2.47. The molecule has 1 aliphatic carbocycles. The van der Waals surface area contributed by atoms with Crippen molar-refractivity contribution >= 4 is 5.91 Å². The normalized spacial score (nSPS) is 15.9. The first-order chi connectivity index (χ1) is 12.1.